The fourth-order valence-corrected chi connectivity index (χ4v) is 2.66. The van der Waals surface area contributed by atoms with Crippen LogP contribution in [0.3, 0.4) is 0 Å². The lowest BCUT2D eigenvalue weighted by molar-refractivity contribution is 0.190. The third-order valence-electron chi connectivity index (χ3n) is 4.06. The molecule has 1 saturated heterocycles. The van der Waals surface area contributed by atoms with Crippen molar-refractivity contribution in [3.63, 3.8) is 0 Å². The zero-order valence-electron chi connectivity index (χ0n) is 13.1. The average molecular weight is 277 g/mol. The van der Waals surface area contributed by atoms with Gasteiger partial charge in [0.15, 0.2) is 0 Å². The Morgan fingerprint density at radius 1 is 1.35 bits per heavy atom. The van der Waals surface area contributed by atoms with Gasteiger partial charge in [-0.3, -0.25) is 0 Å². The molecule has 2 N–H and O–H groups in total. The molecule has 0 bridgehead atoms. The summed E-state index contributed by atoms with van der Waals surface area (Å²) >= 11 is 0. The summed E-state index contributed by atoms with van der Waals surface area (Å²) in [6.45, 7) is 5.58. The molecule has 0 aliphatic carbocycles. The Morgan fingerprint density at radius 2 is 2.10 bits per heavy atom. The lowest BCUT2D eigenvalue weighted by atomic mass is 9.99. The standard InChI is InChI=1S/C15H27N5/c1-5-6-13-18-14(16-3)10-15(19-13)17-12-7-8-20(4)11(2)9-12/h10-12H,5-9H2,1-4H3,(H2,16,17,18,19). The van der Waals surface area contributed by atoms with E-state index in [2.05, 4.69) is 46.4 Å². The van der Waals surface area contributed by atoms with Crippen molar-refractivity contribution >= 4 is 11.6 Å². The molecule has 2 unspecified atom stereocenters. The average Bonchev–Trinajstić information content (AvgIpc) is 2.43. The second-order valence-corrected chi connectivity index (χ2v) is 5.75. The molecule has 1 aliphatic heterocycles. The Balaban J connectivity index is 2.06. The van der Waals surface area contributed by atoms with Gasteiger partial charge in [0.05, 0.1) is 0 Å². The van der Waals surface area contributed by atoms with Gasteiger partial charge in [-0.15, -0.1) is 0 Å². The summed E-state index contributed by atoms with van der Waals surface area (Å²) in [5, 5.41) is 6.71. The molecular formula is C15H27N5. The predicted octanol–water partition coefficient (Wildman–Crippen LogP) is 2.37. The minimum Gasteiger partial charge on any atom is -0.373 e. The van der Waals surface area contributed by atoms with Gasteiger partial charge < -0.3 is 15.5 Å². The second kappa shape index (κ2) is 6.88. The Labute approximate surface area is 122 Å². The third kappa shape index (κ3) is 3.82. The molecule has 1 aromatic rings. The van der Waals surface area contributed by atoms with Crippen molar-refractivity contribution in [2.45, 2.75) is 51.6 Å². The molecular weight excluding hydrogens is 250 g/mol. The van der Waals surface area contributed by atoms with Crippen molar-refractivity contribution < 1.29 is 0 Å². The lowest BCUT2D eigenvalue weighted by Crippen LogP contribution is -2.42. The molecule has 0 spiro atoms. The fraction of sp³-hybridized carbons (Fsp3) is 0.733. The third-order valence-corrected chi connectivity index (χ3v) is 4.06. The highest BCUT2D eigenvalue weighted by Crippen LogP contribution is 2.20. The monoisotopic (exact) mass is 277 g/mol. The SMILES string of the molecule is CCCc1nc(NC)cc(NC2CCN(C)C(C)C2)n1. The highest BCUT2D eigenvalue weighted by molar-refractivity contribution is 5.47. The quantitative estimate of drug-likeness (QED) is 0.865. The van der Waals surface area contributed by atoms with E-state index in [1.54, 1.807) is 0 Å². The molecule has 0 aromatic carbocycles. The van der Waals surface area contributed by atoms with Crippen molar-refractivity contribution in [1.82, 2.24) is 14.9 Å². The summed E-state index contributed by atoms with van der Waals surface area (Å²) in [4.78, 5) is 11.5. The van der Waals surface area contributed by atoms with Crippen LogP contribution in [0.25, 0.3) is 0 Å². The van der Waals surface area contributed by atoms with E-state index in [0.29, 0.717) is 12.1 Å². The molecule has 2 heterocycles. The summed E-state index contributed by atoms with van der Waals surface area (Å²) < 4.78 is 0. The maximum Gasteiger partial charge on any atom is 0.133 e. The van der Waals surface area contributed by atoms with Gasteiger partial charge in [-0.25, -0.2) is 9.97 Å². The number of hydrogen-bond donors (Lipinski definition) is 2. The molecule has 0 amide bonds. The number of aromatic nitrogens is 2. The first-order valence-electron chi connectivity index (χ1n) is 7.64. The lowest BCUT2D eigenvalue weighted by Gasteiger charge is -2.35. The summed E-state index contributed by atoms with van der Waals surface area (Å²) in [7, 11) is 4.10. The van der Waals surface area contributed by atoms with Crippen LogP contribution < -0.4 is 10.6 Å². The van der Waals surface area contributed by atoms with Crippen LogP contribution in [0, 0.1) is 0 Å². The first-order chi connectivity index (χ1) is 9.62. The molecule has 2 atom stereocenters. The second-order valence-electron chi connectivity index (χ2n) is 5.75. The summed E-state index contributed by atoms with van der Waals surface area (Å²) in [5.41, 5.74) is 0. The molecule has 20 heavy (non-hydrogen) atoms. The zero-order valence-corrected chi connectivity index (χ0v) is 13.1. The van der Waals surface area contributed by atoms with E-state index in [0.717, 1.165) is 36.8 Å². The molecule has 2 rings (SSSR count). The van der Waals surface area contributed by atoms with Gasteiger partial charge in [0, 0.05) is 38.2 Å². The van der Waals surface area contributed by atoms with Crippen LogP contribution >= 0.6 is 0 Å². The Morgan fingerprint density at radius 3 is 2.75 bits per heavy atom. The number of anilines is 2. The van der Waals surface area contributed by atoms with E-state index in [4.69, 9.17) is 0 Å². The van der Waals surface area contributed by atoms with Crippen molar-refractivity contribution in [3.05, 3.63) is 11.9 Å². The summed E-state index contributed by atoms with van der Waals surface area (Å²) in [6, 6.07) is 3.14. The van der Waals surface area contributed by atoms with Gasteiger partial charge in [-0.2, -0.15) is 0 Å². The fourth-order valence-electron chi connectivity index (χ4n) is 2.66. The highest BCUT2D eigenvalue weighted by Gasteiger charge is 2.23. The van der Waals surface area contributed by atoms with Crippen LogP contribution in [0.15, 0.2) is 6.07 Å². The summed E-state index contributed by atoms with van der Waals surface area (Å²) in [5.74, 6) is 2.77. The molecule has 112 valence electrons. The number of likely N-dealkylation sites (tertiary alicyclic amines) is 1. The van der Waals surface area contributed by atoms with E-state index in [1.165, 1.54) is 12.8 Å². The first-order valence-corrected chi connectivity index (χ1v) is 7.64. The maximum atomic E-state index is 4.63. The summed E-state index contributed by atoms with van der Waals surface area (Å²) in [6.07, 6.45) is 4.33. The molecule has 5 nitrogen and oxygen atoms in total. The van der Waals surface area contributed by atoms with E-state index < -0.39 is 0 Å². The van der Waals surface area contributed by atoms with Gasteiger partial charge in [0.25, 0.3) is 0 Å². The van der Waals surface area contributed by atoms with E-state index in [-0.39, 0.29) is 0 Å². The molecule has 5 heteroatoms. The van der Waals surface area contributed by atoms with Crippen molar-refractivity contribution in [2.24, 2.45) is 0 Å². The van der Waals surface area contributed by atoms with Crippen LogP contribution in [0.1, 0.15) is 38.9 Å². The Kier molecular flexibility index (Phi) is 5.17. The number of rotatable bonds is 5. The number of aryl methyl sites for hydroxylation is 1. The number of hydrogen-bond acceptors (Lipinski definition) is 5. The molecule has 0 radical (unpaired) electrons. The van der Waals surface area contributed by atoms with Gasteiger partial charge in [0.1, 0.15) is 17.5 Å². The molecule has 1 aliphatic rings. The minimum atomic E-state index is 0.510. The van der Waals surface area contributed by atoms with Crippen molar-refractivity contribution in [3.8, 4) is 0 Å². The van der Waals surface area contributed by atoms with Crippen LogP contribution in [0.4, 0.5) is 11.6 Å². The first kappa shape index (κ1) is 15.0. The molecule has 1 fully saturated rings. The zero-order chi connectivity index (χ0) is 14.5. The number of piperidine rings is 1. The molecule has 0 saturated carbocycles. The molecule has 1 aromatic heterocycles. The van der Waals surface area contributed by atoms with Gasteiger partial charge in [-0.1, -0.05) is 6.92 Å². The largest absolute Gasteiger partial charge is 0.373 e. The van der Waals surface area contributed by atoms with Gasteiger partial charge in [-0.05, 0) is 33.2 Å². The van der Waals surface area contributed by atoms with E-state index in [9.17, 15) is 0 Å². The Bertz CT molecular complexity index is 434. The van der Waals surface area contributed by atoms with Crippen molar-refractivity contribution in [1.29, 1.82) is 0 Å². The van der Waals surface area contributed by atoms with E-state index >= 15 is 0 Å². The maximum absolute atomic E-state index is 4.63. The van der Waals surface area contributed by atoms with Gasteiger partial charge >= 0.3 is 0 Å². The van der Waals surface area contributed by atoms with Gasteiger partial charge in [0.2, 0.25) is 0 Å². The topological polar surface area (TPSA) is 53.1 Å². The van der Waals surface area contributed by atoms with Crippen LogP contribution in [0.5, 0.6) is 0 Å². The van der Waals surface area contributed by atoms with Crippen molar-refractivity contribution in [2.75, 3.05) is 31.3 Å². The van der Waals surface area contributed by atoms with Crippen LogP contribution in [-0.2, 0) is 6.42 Å². The Hall–Kier alpha value is -1.36. The van der Waals surface area contributed by atoms with Crippen LogP contribution in [0.2, 0.25) is 0 Å². The van der Waals surface area contributed by atoms with Crippen LogP contribution in [-0.4, -0.2) is 47.6 Å². The number of nitrogens with one attached hydrogen (secondary N) is 2. The normalized spacial score (nSPS) is 23.6. The number of nitrogens with zero attached hydrogens (tertiary/aromatic N) is 3. The van der Waals surface area contributed by atoms with E-state index in [1.807, 2.05) is 13.1 Å². The highest BCUT2D eigenvalue weighted by atomic mass is 15.2. The predicted molar refractivity (Wildman–Crippen MR) is 84.3 cm³/mol. The smallest absolute Gasteiger partial charge is 0.133 e. The minimum absolute atomic E-state index is 0.510.